The Hall–Kier alpha value is -1.79. The number of hydrogen-bond acceptors (Lipinski definition) is 1. The maximum Gasteiger partial charge on any atom is 0.421 e. The first kappa shape index (κ1) is 11.3. The van der Waals surface area contributed by atoms with Gasteiger partial charge in [-0.25, -0.2) is 9.38 Å². The molecule has 1 aromatic rings. The first-order chi connectivity index (χ1) is 6.82. The molecule has 0 aromatic heterocycles. The second-order valence-corrected chi connectivity index (χ2v) is 2.67. The molecule has 3 nitrogen and oxygen atoms in total. The van der Waals surface area contributed by atoms with Gasteiger partial charge in [-0.3, -0.25) is 0 Å². The van der Waals surface area contributed by atoms with E-state index in [2.05, 4.69) is 4.99 Å². The summed E-state index contributed by atoms with van der Waals surface area (Å²) in [6, 6.07) is 2.76. The Labute approximate surface area is 82.4 Å². The zero-order valence-corrected chi connectivity index (χ0v) is 7.35. The van der Waals surface area contributed by atoms with Crippen LogP contribution < -0.4 is 11.5 Å². The van der Waals surface area contributed by atoms with Gasteiger partial charge in [-0.1, -0.05) is 6.07 Å². The highest BCUT2D eigenvalue weighted by atomic mass is 19.4. The number of nitrogens with zero attached hydrogens (tertiary/aromatic N) is 1. The number of nitrogens with two attached hydrogens (primary N) is 2. The number of alkyl halides is 3. The predicted molar refractivity (Wildman–Crippen MR) is 46.9 cm³/mol. The van der Waals surface area contributed by atoms with Gasteiger partial charge in [0.05, 0.1) is 5.69 Å². The maximum absolute atomic E-state index is 12.9. The Balaban J connectivity index is 3.40. The van der Waals surface area contributed by atoms with Crippen LogP contribution in [0.2, 0.25) is 0 Å². The standard InChI is InChI=1S/C8H7F4N3/c9-4-2-1-3-5(15-7(13)14)6(4)8(10,11)12/h1-3H,(H4,13,14,15). The fraction of sp³-hybridized carbons (Fsp3) is 0.125. The molecule has 0 heterocycles. The highest BCUT2D eigenvalue weighted by Gasteiger charge is 2.36. The molecule has 0 spiro atoms. The summed E-state index contributed by atoms with van der Waals surface area (Å²) in [4.78, 5) is 3.20. The highest BCUT2D eigenvalue weighted by Crippen LogP contribution is 2.37. The van der Waals surface area contributed by atoms with Crippen LogP contribution in [-0.2, 0) is 6.18 Å². The average Bonchev–Trinajstić information content (AvgIpc) is 1.99. The third-order valence-corrected chi connectivity index (χ3v) is 1.52. The summed E-state index contributed by atoms with van der Waals surface area (Å²) in [5, 5.41) is 0. The van der Waals surface area contributed by atoms with Crippen molar-refractivity contribution < 1.29 is 17.6 Å². The van der Waals surface area contributed by atoms with Crippen LogP contribution in [0.15, 0.2) is 23.2 Å². The van der Waals surface area contributed by atoms with Crippen LogP contribution >= 0.6 is 0 Å². The largest absolute Gasteiger partial charge is 0.421 e. The van der Waals surface area contributed by atoms with E-state index in [1.807, 2.05) is 0 Å². The molecule has 0 aliphatic carbocycles. The molecule has 0 saturated carbocycles. The normalized spacial score (nSPS) is 11.2. The molecule has 1 rings (SSSR count). The molecule has 0 atom stereocenters. The minimum Gasteiger partial charge on any atom is -0.370 e. The van der Waals surface area contributed by atoms with E-state index in [1.54, 1.807) is 0 Å². The third kappa shape index (κ3) is 2.58. The van der Waals surface area contributed by atoms with Crippen LogP contribution in [0.4, 0.5) is 23.2 Å². The molecule has 0 aliphatic heterocycles. The molecule has 15 heavy (non-hydrogen) atoms. The Morgan fingerprint density at radius 3 is 2.27 bits per heavy atom. The summed E-state index contributed by atoms with van der Waals surface area (Å²) in [5.41, 5.74) is 7.74. The lowest BCUT2D eigenvalue weighted by atomic mass is 10.1. The molecule has 7 heteroatoms. The molecule has 0 unspecified atom stereocenters. The summed E-state index contributed by atoms with van der Waals surface area (Å²) in [6.45, 7) is 0. The number of guanidine groups is 1. The van der Waals surface area contributed by atoms with Crippen molar-refractivity contribution in [1.82, 2.24) is 0 Å². The van der Waals surface area contributed by atoms with E-state index in [4.69, 9.17) is 11.5 Å². The van der Waals surface area contributed by atoms with Gasteiger partial charge in [0.15, 0.2) is 5.96 Å². The number of benzene rings is 1. The van der Waals surface area contributed by atoms with Crippen molar-refractivity contribution in [2.45, 2.75) is 6.18 Å². The zero-order chi connectivity index (χ0) is 11.6. The van der Waals surface area contributed by atoms with E-state index in [0.29, 0.717) is 6.07 Å². The molecule has 1 aromatic carbocycles. The minimum absolute atomic E-state index is 0.564. The van der Waals surface area contributed by atoms with Gasteiger partial charge in [-0.15, -0.1) is 0 Å². The molecule has 0 radical (unpaired) electrons. The quantitative estimate of drug-likeness (QED) is 0.431. The summed E-state index contributed by atoms with van der Waals surface area (Å²) in [7, 11) is 0. The summed E-state index contributed by atoms with van der Waals surface area (Å²) >= 11 is 0. The van der Waals surface area contributed by atoms with E-state index < -0.39 is 29.2 Å². The molecule has 0 bridgehead atoms. The van der Waals surface area contributed by atoms with Crippen molar-refractivity contribution in [1.29, 1.82) is 0 Å². The highest BCUT2D eigenvalue weighted by molar-refractivity contribution is 5.79. The van der Waals surface area contributed by atoms with Crippen LogP contribution in [-0.4, -0.2) is 5.96 Å². The maximum atomic E-state index is 12.9. The molecule has 4 N–H and O–H groups in total. The van der Waals surface area contributed by atoms with Crippen molar-refractivity contribution in [3.63, 3.8) is 0 Å². The lowest BCUT2D eigenvalue weighted by molar-refractivity contribution is -0.139. The van der Waals surface area contributed by atoms with Crippen molar-refractivity contribution in [3.05, 3.63) is 29.6 Å². The number of rotatable bonds is 1. The van der Waals surface area contributed by atoms with Gasteiger partial charge >= 0.3 is 6.18 Å². The zero-order valence-electron chi connectivity index (χ0n) is 7.35. The topological polar surface area (TPSA) is 64.4 Å². The fourth-order valence-electron chi connectivity index (χ4n) is 1.03. The van der Waals surface area contributed by atoms with Gasteiger partial charge in [-0.2, -0.15) is 13.2 Å². The van der Waals surface area contributed by atoms with Gasteiger partial charge in [-0.05, 0) is 12.1 Å². The smallest absolute Gasteiger partial charge is 0.370 e. The van der Waals surface area contributed by atoms with Gasteiger partial charge in [0.25, 0.3) is 0 Å². The van der Waals surface area contributed by atoms with Gasteiger partial charge in [0, 0.05) is 0 Å². The summed E-state index contributed by atoms with van der Waals surface area (Å²) in [6.07, 6.45) is -4.83. The van der Waals surface area contributed by atoms with Crippen LogP contribution in [0, 0.1) is 5.82 Å². The first-order valence-corrected chi connectivity index (χ1v) is 3.77. The van der Waals surface area contributed by atoms with Crippen molar-refractivity contribution in [3.8, 4) is 0 Å². The van der Waals surface area contributed by atoms with Crippen molar-refractivity contribution in [2.75, 3.05) is 0 Å². The fourth-order valence-corrected chi connectivity index (χ4v) is 1.03. The van der Waals surface area contributed by atoms with Crippen LogP contribution in [0.3, 0.4) is 0 Å². The van der Waals surface area contributed by atoms with E-state index in [-0.39, 0.29) is 0 Å². The minimum atomic E-state index is -4.83. The number of aliphatic imine (C=N–C) groups is 1. The van der Waals surface area contributed by atoms with Gasteiger partial charge in [0.2, 0.25) is 0 Å². The van der Waals surface area contributed by atoms with E-state index >= 15 is 0 Å². The molecular formula is C8H7F4N3. The Morgan fingerprint density at radius 2 is 1.80 bits per heavy atom. The van der Waals surface area contributed by atoms with Gasteiger partial charge in [0.1, 0.15) is 11.4 Å². The Kier molecular flexibility index (Phi) is 2.83. The SMILES string of the molecule is NC(N)=Nc1cccc(F)c1C(F)(F)F. The second kappa shape index (κ2) is 3.76. The van der Waals surface area contributed by atoms with Gasteiger partial charge < -0.3 is 11.5 Å². The average molecular weight is 221 g/mol. The molecular weight excluding hydrogens is 214 g/mol. The Morgan fingerprint density at radius 1 is 1.20 bits per heavy atom. The van der Waals surface area contributed by atoms with E-state index in [9.17, 15) is 17.6 Å². The monoisotopic (exact) mass is 221 g/mol. The van der Waals surface area contributed by atoms with Crippen LogP contribution in [0.1, 0.15) is 5.56 Å². The number of halogens is 4. The van der Waals surface area contributed by atoms with E-state index in [1.165, 1.54) is 0 Å². The Bertz CT molecular complexity index is 393. The molecule has 0 fully saturated rings. The predicted octanol–water partition coefficient (Wildman–Crippen LogP) is 1.75. The van der Waals surface area contributed by atoms with E-state index in [0.717, 1.165) is 12.1 Å². The van der Waals surface area contributed by atoms with Crippen molar-refractivity contribution >= 4 is 11.6 Å². The third-order valence-electron chi connectivity index (χ3n) is 1.52. The van der Waals surface area contributed by atoms with Crippen LogP contribution in [0.25, 0.3) is 0 Å². The second-order valence-electron chi connectivity index (χ2n) is 2.67. The molecule has 0 aliphatic rings. The molecule has 0 saturated heterocycles. The summed E-state index contributed by atoms with van der Waals surface area (Å²) in [5.74, 6) is -1.98. The molecule has 0 amide bonds. The lowest BCUT2D eigenvalue weighted by Gasteiger charge is -2.10. The first-order valence-electron chi connectivity index (χ1n) is 3.77. The molecule has 82 valence electrons. The van der Waals surface area contributed by atoms with Crippen LogP contribution in [0.5, 0.6) is 0 Å². The summed E-state index contributed by atoms with van der Waals surface area (Å²) < 4.78 is 50.0. The van der Waals surface area contributed by atoms with Crippen molar-refractivity contribution in [2.24, 2.45) is 16.5 Å². The number of hydrogen-bond donors (Lipinski definition) is 2. The lowest BCUT2D eigenvalue weighted by Crippen LogP contribution is -2.22.